The maximum Gasteiger partial charge on any atom is 0.319 e. The molecule has 0 aliphatic carbocycles. The van der Waals surface area contributed by atoms with Gasteiger partial charge in [-0.3, -0.25) is 0 Å². The van der Waals surface area contributed by atoms with E-state index in [1.807, 2.05) is 60.7 Å². The van der Waals surface area contributed by atoms with Gasteiger partial charge in [-0.2, -0.15) is 0 Å². The topological polar surface area (TPSA) is 67.1 Å². The Morgan fingerprint density at radius 1 is 1.00 bits per heavy atom. The van der Waals surface area contributed by atoms with Crippen molar-refractivity contribution in [2.45, 2.75) is 12.5 Å². The highest BCUT2D eigenvalue weighted by Gasteiger charge is 2.06. The Morgan fingerprint density at radius 3 is 2.25 bits per heavy atom. The molecule has 0 fully saturated rings. The molecule has 2 aromatic carbocycles. The fourth-order valence-corrected chi connectivity index (χ4v) is 1.91. The molecule has 20 heavy (non-hydrogen) atoms. The maximum absolute atomic E-state index is 11.7. The molecule has 0 spiro atoms. The van der Waals surface area contributed by atoms with Crippen molar-refractivity contribution < 1.29 is 4.79 Å². The summed E-state index contributed by atoms with van der Waals surface area (Å²) in [6.07, 6.45) is 0.743. The Hall–Kier alpha value is -2.33. The molecule has 0 heterocycles. The van der Waals surface area contributed by atoms with Crippen LogP contribution in [0.1, 0.15) is 5.56 Å². The molecule has 2 aromatic rings. The summed E-state index contributed by atoms with van der Waals surface area (Å²) in [6, 6.07) is 19.0. The quantitative estimate of drug-likeness (QED) is 0.780. The van der Waals surface area contributed by atoms with Gasteiger partial charge in [-0.15, -0.1) is 0 Å². The molecule has 4 N–H and O–H groups in total. The molecule has 0 aromatic heterocycles. The van der Waals surface area contributed by atoms with E-state index in [1.165, 1.54) is 5.56 Å². The van der Waals surface area contributed by atoms with E-state index in [4.69, 9.17) is 5.73 Å². The second kappa shape index (κ2) is 7.31. The van der Waals surface area contributed by atoms with Crippen LogP contribution in [0.15, 0.2) is 60.7 Å². The van der Waals surface area contributed by atoms with Crippen LogP contribution in [0.4, 0.5) is 10.5 Å². The SMILES string of the molecule is NC(CNC(=O)Nc1ccccc1)Cc1ccccc1. The summed E-state index contributed by atoms with van der Waals surface area (Å²) in [6.45, 7) is 0.438. The lowest BCUT2D eigenvalue weighted by Gasteiger charge is -2.13. The van der Waals surface area contributed by atoms with Crippen molar-refractivity contribution in [2.75, 3.05) is 11.9 Å². The minimum absolute atomic E-state index is 0.0982. The predicted molar refractivity (Wildman–Crippen MR) is 81.6 cm³/mol. The summed E-state index contributed by atoms with van der Waals surface area (Å²) >= 11 is 0. The normalized spacial score (nSPS) is 11.7. The van der Waals surface area contributed by atoms with Crippen molar-refractivity contribution >= 4 is 11.7 Å². The first-order chi connectivity index (χ1) is 9.74. The number of rotatable bonds is 5. The molecule has 0 saturated heterocycles. The van der Waals surface area contributed by atoms with E-state index in [1.54, 1.807) is 0 Å². The van der Waals surface area contributed by atoms with E-state index in [0.29, 0.717) is 6.54 Å². The number of carbonyl (C=O) groups is 1. The van der Waals surface area contributed by atoms with Crippen molar-refractivity contribution in [1.82, 2.24) is 5.32 Å². The highest BCUT2D eigenvalue weighted by atomic mass is 16.2. The van der Waals surface area contributed by atoms with Gasteiger partial charge in [0.2, 0.25) is 0 Å². The van der Waals surface area contributed by atoms with E-state index in [-0.39, 0.29) is 12.1 Å². The van der Waals surface area contributed by atoms with Gasteiger partial charge in [0.05, 0.1) is 0 Å². The third kappa shape index (κ3) is 4.74. The molecule has 1 unspecified atom stereocenters. The summed E-state index contributed by atoms with van der Waals surface area (Å²) < 4.78 is 0. The number of nitrogens with one attached hydrogen (secondary N) is 2. The molecule has 104 valence electrons. The first kappa shape index (κ1) is 14.1. The van der Waals surface area contributed by atoms with Crippen LogP contribution in [0.3, 0.4) is 0 Å². The molecule has 0 saturated carbocycles. The number of para-hydroxylation sites is 1. The van der Waals surface area contributed by atoms with Gasteiger partial charge in [0, 0.05) is 18.3 Å². The van der Waals surface area contributed by atoms with Gasteiger partial charge in [0.15, 0.2) is 0 Å². The number of anilines is 1. The average molecular weight is 269 g/mol. The Kier molecular flexibility index (Phi) is 5.15. The second-order valence-corrected chi connectivity index (χ2v) is 4.65. The van der Waals surface area contributed by atoms with Gasteiger partial charge in [-0.25, -0.2) is 4.79 Å². The van der Waals surface area contributed by atoms with Crippen LogP contribution < -0.4 is 16.4 Å². The van der Waals surface area contributed by atoms with Gasteiger partial charge in [-0.05, 0) is 24.1 Å². The monoisotopic (exact) mass is 269 g/mol. The molecular formula is C16H19N3O. The Bertz CT molecular complexity index is 528. The molecule has 1 atom stereocenters. The van der Waals surface area contributed by atoms with Crippen LogP contribution in [0, 0.1) is 0 Å². The molecule has 4 heteroatoms. The van der Waals surface area contributed by atoms with Crippen LogP contribution in [0.5, 0.6) is 0 Å². The number of hydrogen-bond acceptors (Lipinski definition) is 2. The van der Waals surface area contributed by atoms with Gasteiger partial charge < -0.3 is 16.4 Å². The fourth-order valence-electron chi connectivity index (χ4n) is 1.91. The van der Waals surface area contributed by atoms with E-state index in [0.717, 1.165) is 12.1 Å². The zero-order valence-electron chi connectivity index (χ0n) is 11.3. The highest BCUT2D eigenvalue weighted by Crippen LogP contribution is 2.04. The van der Waals surface area contributed by atoms with Crippen molar-refractivity contribution in [2.24, 2.45) is 5.73 Å². The number of amides is 2. The largest absolute Gasteiger partial charge is 0.336 e. The summed E-state index contributed by atoms with van der Waals surface area (Å²) in [5.41, 5.74) is 7.94. The lowest BCUT2D eigenvalue weighted by molar-refractivity contribution is 0.251. The van der Waals surface area contributed by atoms with Gasteiger partial charge in [0.1, 0.15) is 0 Å². The molecule has 2 rings (SSSR count). The van der Waals surface area contributed by atoms with Crippen LogP contribution in [-0.4, -0.2) is 18.6 Å². The third-order valence-corrected chi connectivity index (χ3v) is 2.90. The van der Waals surface area contributed by atoms with Gasteiger partial charge >= 0.3 is 6.03 Å². The fraction of sp³-hybridized carbons (Fsp3) is 0.188. The zero-order chi connectivity index (χ0) is 14.2. The Morgan fingerprint density at radius 2 is 1.60 bits per heavy atom. The standard InChI is InChI=1S/C16H19N3O/c17-14(11-13-7-3-1-4-8-13)12-18-16(20)19-15-9-5-2-6-10-15/h1-10,14H,11-12,17H2,(H2,18,19,20). The summed E-state index contributed by atoms with van der Waals surface area (Å²) in [5, 5.41) is 5.53. The molecule has 0 radical (unpaired) electrons. The number of hydrogen-bond donors (Lipinski definition) is 3. The Balaban J connectivity index is 1.73. The smallest absolute Gasteiger partial charge is 0.319 e. The summed E-state index contributed by atoms with van der Waals surface area (Å²) in [7, 11) is 0. The van der Waals surface area contributed by atoms with Crippen LogP contribution in [-0.2, 0) is 6.42 Å². The highest BCUT2D eigenvalue weighted by molar-refractivity contribution is 5.89. The number of carbonyl (C=O) groups excluding carboxylic acids is 1. The van der Waals surface area contributed by atoms with Crippen LogP contribution in [0.25, 0.3) is 0 Å². The molecule has 2 amide bonds. The molecule has 0 aliphatic heterocycles. The number of nitrogens with two attached hydrogens (primary N) is 1. The first-order valence-electron chi connectivity index (χ1n) is 6.63. The minimum Gasteiger partial charge on any atom is -0.336 e. The van der Waals surface area contributed by atoms with Crippen molar-refractivity contribution in [3.05, 3.63) is 66.2 Å². The number of urea groups is 1. The zero-order valence-corrected chi connectivity index (χ0v) is 11.3. The van der Waals surface area contributed by atoms with Crippen molar-refractivity contribution in [1.29, 1.82) is 0 Å². The van der Waals surface area contributed by atoms with Crippen molar-refractivity contribution in [3.8, 4) is 0 Å². The Labute approximate surface area is 119 Å². The van der Waals surface area contributed by atoms with Crippen LogP contribution in [0.2, 0.25) is 0 Å². The van der Waals surface area contributed by atoms with Gasteiger partial charge in [0.25, 0.3) is 0 Å². The van der Waals surface area contributed by atoms with Crippen LogP contribution >= 0.6 is 0 Å². The third-order valence-electron chi connectivity index (χ3n) is 2.90. The van der Waals surface area contributed by atoms with Crippen molar-refractivity contribution in [3.63, 3.8) is 0 Å². The van der Waals surface area contributed by atoms with Gasteiger partial charge in [-0.1, -0.05) is 48.5 Å². The van der Waals surface area contributed by atoms with E-state index >= 15 is 0 Å². The predicted octanol–water partition coefficient (Wildman–Crippen LogP) is 2.38. The minimum atomic E-state index is -0.236. The van der Waals surface area contributed by atoms with E-state index < -0.39 is 0 Å². The lowest BCUT2D eigenvalue weighted by atomic mass is 10.1. The maximum atomic E-state index is 11.7. The number of benzene rings is 2. The average Bonchev–Trinajstić information content (AvgIpc) is 2.47. The molecule has 0 bridgehead atoms. The summed E-state index contributed by atoms with van der Waals surface area (Å²) in [5.74, 6) is 0. The molecule has 0 aliphatic rings. The molecule has 4 nitrogen and oxygen atoms in total. The summed E-state index contributed by atoms with van der Waals surface area (Å²) in [4.78, 5) is 11.7. The van der Waals surface area contributed by atoms with E-state index in [2.05, 4.69) is 10.6 Å². The second-order valence-electron chi connectivity index (χ2n) is 4.65. The molecular weight excluding hydrogens is 250 g/mol. The first-order valence-corrected chi connectivity index (χ1v) is 6.63. The van der Waals surface area contributed by atoms with E-state index in [9.17, 15) is 4.79 Å². The lowest BCUT2D eigenvalue weighted by Crippen LogP contribution is -2.40.